The van der Waals surface area contributed by atoms with Gasteiger partial charge in [0.25, 0.3) is 5.91 Å². The second-order valence-electron chi connectivity index (χ2n) is 8.44. The van der Waals surface area contributed by atoms with Crippen molar-refractivity contribution in [2.45, 2.75) is 12.5 Å². The molecule has 1 amide bonds. The van der Waals surface area contributed by atoms with Crippen LogP contribution in [0.2, 0.25) is 0 Å². The smallest absolute Gasteiger partial charge is 0.255 e. The lowest BCUT2D eigenvalue weighted by Gasteiger charge is -2.33. The summed E-state index contributed by atoms with van der Waals surface area (Å²) in [6.07, 6.45) is 0. The lowest BCUT2D eigenvalue weighted by Crippen LogP contribution is -2.46. The van der Waals surface area contributed by atoms with Gasteiger partial charge in [0.15, 0.2) is 5.11 Å². The van der Waals surface area contributed by atoms with Crippen molar-refractivity contribution in [3.8, 4) is 6.07 Å². The Balaban J connectivity index is 1.47. The van der Waals surface area contributed by atoms with Gasteiger partial charge in [-0.25, -0.2) is 8.78 Å². The van der Waals surface area contributed by atoms with Gasteiger partial charge in [0.1, 0.15) is 11.6 Å². The molecule has 0 saturated carbocycles. The van der Waals surface area contributed by atoms with Crippen LogP contribution in [0.15, 0.2) is 97.1 Å². The third-order valence-corrected chi connectivity index (χ3v) is 6.07. The summed E-state index contributed by atoms with van der Waals surface area (Å²) in [5.74, 6) is -1.06. The average molecular weight is 513 g/mol. The quantitative estimate of drug-likeness (QED) is 0.263. The zero-order valence-electron chi connectivity index (χ0n) is 19.8. The number of amides is 1. The highest BCUT2D eigenvalue weighted by Crippen LogP contribution is 2.30. The van der Waals surface area contributed by atoms with Gasteiger partial charge in [0.05, 0.1) is 17.2 Å². The van der Waals surface area contributed by atoms with Crippen LogP contribution in [-0.4, -0.2) is 11.0 Å². The summed E-state index contributed by atoms with van der Waals surface area (Å²) >= 11 is 5.56. The highest BCUT2D eigenvalue weighted by molar-refractivity contribution is 7.80. The summed E-state index contributed by atoms with van der Waals surface area (Å²) in [6.45, 7) is 1.88. The number of benzene rings is 4. The number of thiocarbonyl (C=S) groups is 1. The van der Waals surface area contributed by atoms with Gasteiger partial charge >= 0.3 is 0 Å². The Bertz CT molecular complexity index is 1420. The Hall–Kier alpha value is -4.61. The fourth-order valence-electron chi connectivity index (χ4n) is 3.84. The molecule has 4 rings (SSSR count). The number of rotatable bonds is 6. The molecule has 0 aromatic heterocycles. The lowest BCUT2D eigenvalue weighted by molar-refractivity contribution is 0.102. The van der Waals surface area contributed by atoms with E-state index in [2.05, 4.69) is 16.0 Å². The fraction of sp³-hybridized carbons (Fsp3) is 0.0690. The standard InChI is InChI=1S/C29H22F2N4OS/c1-29(21-5-9-23(30)10-6-21,22-7-11-24(31)12-8-22)35-28(37)34-26-15-13-25(14-16-26)33-27(36)20-4-2-3-19(17-20)18-32/h2-17H,1H3,(H,33,36)(H2,34,35,37). The summed E-state index contributed by atoms with van der Waals surface area (Å²) in [6, 6.07) is 27.4. The number of nitrogens with one attached hydrogen (secondary N) is 3. The Morgan fingerprint density at radius 2 is 1.32 bits per heavy atom. The number of nitriles is 1. The lowest BCUT2D eigenvalue weighted by atomic mass is 9.84. The van der Waals surface area contributed by atoms with Gasteiger partial charge in [0.2, 0.25) is 0 Å². The Morgan fingerprint density at radius 3 is 1.84 bits per heavy atom. The van der Waals surface area contributed by atoms with Crippen molar-refractivity contribution in [2.24, 2.45) is 0 Å². The Kier molecular flexibility index (Phi) is 7.56. The highest BCUT2D eigenvalue weighted by Gasteiger charge is 2.30. The average Bonchev–Trinajstić information content (AvgIpc) is 2.90. The van der Waals surface area contributed by atoms with Crippen molar-refractivity contribution in [1.29, 1.82) is 5.26 Å². The van der Waals surface area contributed by atoms with Gasteiger partial charge in [-0.3, -0.25) is 4.79 Å². The predicted octanol–water partition coefficient (Wildman–Crippen LogP) is 6.34. The molecule has 0 unspecified atom stereocenters. The molecule has 0 aliphatic carbocycles. The largest absolute Gasteiger partial charge is 0.349 e. The van der Waals surface area contributed by atoms with E-state index in [0.717, 1.165) is 11.1 Å². The van der Waals surface area contributed by atoms with E-state index in [1.807, 2.05) is 13.0 Å². The second-order valence-corrected chi connectivity index (χ2v) is 8.85. The molecule has 37 heavy (non-hydrogen) atoms. The monoisotopic (exact) mass is 512 g/mol. The summed E-state index contributed by atoms with van der Waals surface area (Å²) in [5.41, 5.74) is 2.62. The molecule has 0 saturated heterocycles. The topological polar surface area (TPSA) is 76.9 Å². The fourth-order valence-corrected chi connectivity index (χ4v) is 4.16. The molecule has 0 heterocycles. The first-order valence-electron chi connectivity index (χ1n) is 11.3. The summed E-state index contributed by atoms with van der Waals surface area (Å²) in [7, 11) is 0. The minimum Gasteiger partial charge on any atom is -0.349 e. The van der Waals surface area contributed by atoms with E-state index in [9.17, 15) is 13.6 Å². The van der Waals surface area contributed by atoms with Crippen molar-refractivity contribution < 1.29 is 13.6 Å². The van der Waals surface area contributed by atoms with Crippen LogP contribution in [0.3, 0.4) is 0 Å². The second kappa shape index (κ2) is 11.0. The number of nitrogens with zero attached hydrogens (tertiary/aromatic N) is 1. The third-order valence-electron chi connectivity index (χ3n) is 5.86. The molecule has 8 heteroatoms. The van der Waals surface area contributed by atoms with Crippen molar-refractivity contribution in [3.05, 3.63) is 131 Å². The van der Waals surface area contributed by atoms with Crippen LogP contribution in [0, 0.1) is 23.0 Å². The molecule has 3 N–H and O–H groups in total. The van der Waals surface area contributed by atoms with Crippen molar-refractivity contribution in [3.63, 3.8) is 0 Å². The van der Waals surface area contributed by atoms with E-state index in [1.165, 1.54) is 30.3 Å². The number of hydrogen-bond donors (Lipinski definition) is 3. The first kappa shape index (κ1) is 25.5. The van der Waals surface area contributed by atoms with Crippen LogP contribution in [0.4, 0.5) is 20.2 Å². The predicted molar refractivity (Wildman–Crippen MR) is 144 cm³/mol. The molecule has 4 aromatic carbocycles. The maximum Gasteiger partial charge on any atom is 0.255 e. The normalized spacial score (nSPS) is 10.8. The molecule has 0 fully saturated rings. The first-order valence-corrected chi connectivity index (χ1v) is 11.7. The first-order chi connectivity index (χ1) is 17.8. The van der Waals surface area contributed by atoms with Crippen LogP contribution in [0.5, 0.6) is 0 Å². The maximum absolute atomic E-state index is 13.6. The Labute approximate surface area is 218 Å². The number of anilines is 2. The van der Waals surface area contributed by atoms with Gasteiger partial charge in [-0.1, -0.05) is 30.3 Å². The molecule has 0 aliphatic rings. The molecule has 0 spiro atoms. The number of hydrogen-bond acceptors (Lipinski definition) is 3. The van der Waals surface area contributed by atoms with Crippen molar-refractivity contribution in [2.75, 3.05) is 10.6 Å². The molecule has 0 radical (unpaired) electrons. The molecule has 5 nitrogen and oxygen atoms in total. The Morgan fingerprint density at radius 1 is 0.811 bits per heavy atom. The summed E-state index contributed by atoms with van der Waals surface area (Å²) in [5, 5.41) is 18.5. The molecule has 0 bridgehead atoms. The van der Waals surface area contributed by atoms with E-state index in [0.29, 0.717) is 27.6 Å². The van der Waals surface area contributed by atoms with E-state index in [-0.39, 0.29) is 17.5 Å². The number of halogens is 2. The number of carbonyl (C=O) groups is 1. The van der Waals surface area contributed by atoms with E-state index < -0.39 is 5.54 Å². The van der Waals surface area contributed by atoms with Crippen molar-refractivity contribution in [1.82, 2.24) is 5.32 Å². The minimum atomic E-state index is -0.878. The number of carbonyl (C=O) groups excluding carboxylic acids is 1. The van der Waals surface area contributed by atoms with Crippen molar-refractivity contribution >= 4 is 34.6 Å². The third kappa shape index (κ3) is 6.15. The molecule has 184 valence electrons. The van der Waals surface area contributed by atoms with Crippen LogP contribution >= 0.6 is 12.2 Å². The van der Waals surface area contributed by atoms with Crippen LogP contribution < -0.4 is 16.0 Å². The van der Waals surface area contributed by atoms with Gasteiger partial charge in [-0.05, 0) is 97.0 Å². The van der Waals surface area contributed by atoms with E-state index >= 15 is 0 Å². The van der Waals surface area contributed by atoms with Gasteiger partial charge < -0.3 is 16.0 Å². The molecular weight excluding hydrogens is 490 g/mol. The van der Waals surface area contributed by atoms with Gasteiger partial charge in [-0.2, -0.15) is 5.26 Å². The zero-order chi connectivity index (χ0) is 26.4. The van der Waals surface area contributed by atoms with Crippen LogP contribution in [-0.2, 0) is 5.54 Å². The van der Waals surface area contributed by atoms with Crippen LogP contribution in [0.25, 0.3) is 0 Å². The van der Waals surface area contributed by atoms with E-state index in [1.54, 1.807) is 66.7 Å². The van der Waals surface area contributed by atoms with E-state index in [4.69, 9.17) is 17.5 Å². The molecular formula is C29H22F2N4OS. The van der Waals surface area contributed by atoms with Gasteiger partial charge in [0, 0.05) is 16.9 Å². The van der Waals surface area contributed by atoms with Crippen LogP contribution in [0.1, 0.15) is 34.0 Å². The highest BCUT2D eigenvalue weighted by atomic mass is 32.1. The molecule has 0 aliphatic heterocycles. The summed E-state index contributed by atoms with van der Waals surface area (Å²) in [4.78, 5) is 12.5. The maximum atomic E-state index is 13.6. The minimum absolute atomic E-state index is 0.293. The molecule has 4 aromatic rings. The SMILES string of the molecule is CC(NC(=S)Nc1ccc(NC(=O)c2cccc(C#N)c2)cc1)(c1ccc(F)cc1)c1ccc(F)cc1. The summed E-state index contributed by atoms with van der Waals surface area (Å²) < 4.78 is 27.2. The van der Waals surface area contributed by atoms with Gasteiger partial charge in [-0.15, -0.1) is 0 Å². The zero-order valence-corrected chi connectivity index (χ0v) is 20.6. The molecule has 0 atom stereocenters.